The number of fused-ring (bicyclic) bond motifs is 1. The van der Waals surface area contributed by atoms with E-state index in [1.54, 1.807) is 17.3 Å². The molecule has 1 atom stereocenters. The van der Waals surface area contributed by atoms with Crippen LogP contribution in [-0.2, 0) is 17.8 Å². The molecule has 2 amide bonds. The molecule has 3 aromatic rings. The van der Waals surface area contributed by atoms with Gasteiger partial charge in [0, 0.05) is 31.4 Å². The molecular formula is C28H33N3O3S. The molecule has 2 aromatic carbocycles. The van der Waals surface area contributed by atoms with E-state index in [9.17, 15) is 9.59 Å². The molecule has 0 spiro atoms. The second-order valence-electron chi connectivity index (χ2n) is 9.29. The highest BCUT2D eigenvalue weighted by atomic mass is 32.1. The Labute approximate surface area is 211 Å². The molecule has 35 heavy (non-hydrogen) atoms. The van der Waals surface area contributed by atoms with Crippen LogP contribution in [0.25, 0.3) is 0 Å². The molecule has 6 nitrogen and oxygen atoms in total. The number of thiazole rings is 1. The molecule has 0 bridgehead atoms. The molecule has 0 saturated heterocycles. The van der Waals surface area contributed by atoms with Crippen molar-refractivity contribution in [1.82, 2.24) is 14.8 Å². The number of carbonyl (C=O) groups is 2. The third-order valence-corrected chi connectivity index (χ3v) is 7.41. The van der Waals surface area contributed by atoms with Gasteiger partial charge in [-0.15, -0.1) is 11.3 Å². The number of aromatic nitrogens is 1. The second kappa shape index (κ2) is 10.6. The van der Waals surface area contributed by atoms with Gasteiger partial charge in [0.15, 0.2) is 0 Å². The fourth-order valence-corrected chi connectivity index (χ4v) is 4.98. The van der Waals surface area contributed by atoms with Gasteiger partial charge in [0.1, 0.15) is 23.1 Å². The Balaban J connectivity index is 1.57. The van der Waals surface area contributed by atoms with Gasteiger partial charge in [-0.1, -0.05) is 42.8 Å². The van der Waals surface area contributed by atoms with Gasteiger partial charge in [0.2, 0.25) is 5.91 Å². The van der Waals surface area contributed by atoms with E-state index in [1.165, 1.54) is 22.5 Å². The van der Waals surface area contributed by atoms with Crippen molar-refractivity contribution in [1.29, 1.82) is 0 Å². The molecule has 1 aliphatic heterocycles. The fraction of sp³-hybridized carbons (Fsp3) is 0.393. The number of amides is 2. The second-order valence-corrected chi connectivity index (χ2v) is 10.2. The highest BCUT2D eigenvalue weighted by Crippen LogP contribution is 2.37. The molecule has 0 saturated carbocycles. The van der Waals surface area contributed by atoms with Crippen LogP contribution in [0.15, 0.2) is 47.8 Å². The number of aryl methyl sites for hydroxylation is 1. The van der Waals surface area contributed by atoms with E-state index in [4.69, 9.17) is 4.74 Å². The first kappa shape index (κ1) is 24.9. The van der Waals surface area contributed by atoms with Crippen molar-refractivity contribution in [3.63, 3.8) is 0 Å². The average molecular weight is 492 g/mol. The summed E-state index contributed by atoms with van der Waals surface area (Å²) in [6.07, 6.45) is 1.30. The number of hydrogen-bond donors (Lipinski definition) is 0. The van der Waals surface area contributed by atoms with Gasteiger partial charge >= 0.3 is 0 Å². The van der Waals surface area contributed by atoms with Crippen molar-refractivity contribution in [2.75, 3.05) is 13.6 Å². The lowest BCUT2D eigenvalue weighted by Gasteiger charge is -2.38. The van der Waals surface area contributed by atoms with Crippen molar-refractivity contribution in [2.24, 2.45) is 0 Å². The van der Waals surface area contributed by atoms with Gasteiger partial charge in [-0.05, 0) is 56.0 Å². The van der Waals surface area contributed by atoms with Gasteiger partial charge in [0.05, 0.1) is 6.04 Å². The predicted octanol–water partition coefficient (Wildman–Crippen LogP) is 5.40. The number of carbonyl (C=O) groups excluding carboxylic acids is 2. The van der Waals surface area contributed by atoms with Gasteiger partial charge in [0.25, 0.3) is 5.91 Å². The predicted molar refractivity (Wildman–Crippen MR) is 139 cm³/mol. The van der Waals surface area contributed by atoms with Crippen molar-refractivity contribution < 1.29 is 14.3 Å². The van der Waals surface area contributed by atoms with Crippen LogP contribution in [0, 0.1) is 6.92 Å². The van der Waals surface area contributed by atoms with Crippen LogP contribution >= 0.6 is 11.3 Å². The van der Waals surface area contributed by atoms with E-state index in [0.29, 0.717) is 18.7 Å². The fourth-order valence-electron chi connectivity index (χ4n) is 4.30. The SMILES string of the molecule is CCC(=O)N1CCc2ccc(OCc3nc(C(=O)N(C)C(C)C)cs3)cc2C1c1ccc(C)cc1. The Morgan fingerprint density at radius 1 is 1.20 bits per heavy atom. The standard InChI is InChI=1S/C28H33N3O3S/c1-6-26(32)31-14-13-20-11-12-22(15-23(20)27(31)21-9-7-19(4)8-10-21)34-16-25-29-24(17-35-25)28(33)30(5)18(2)3/h7-12,15,17-18,27H,6,13-14,16H2,1-5H3. The highest BCUT2D eigenvalue weighted by molar-refractivity contribution is 7.09. The van der Waals surface area contributed by atoms with Gasteiger partial charge in [-0.25, -0.2) is 4.98 Å². The largest absolute Gasteiger partial charge is 0.486 e. The minimum atomic E-state index is -0.133. The Morgan fingerprint density at radius 3 is 2.63 bits per heavy atom. The van der Waals surface area contributed by atoms with E-state index < -0.39 is 0 Å². The Morgan fingerprint density at radius 2 is 1.94 bits per heavy atom. The summed E-state index contributed by atoms with van der Waals surface area (Å²) in [5.74, 6) is 0.797. The van der Waals surface area contributed by atoms with Crippen LogP contribution in [-0.4, -0.2) is 46.2 Å². The summed E-state index contributed by atoms with van der Waals surface area (Å²) in [5, 5.41) is 2.54. The molecule has 7 heteroatoms. The van der Waals surface area contributed by atoms with Gasteiger partial charge in [-0.3, -0.25) is 9.59 Å². The third-order valence-electron chi connectivity index (χ3n) is 6.59. The van der Waals surface area contributed by atoms with Crippen LogP contribution < -0.4 is 4.74 Å². The van der Waals surface area contributed by atoms with Crippen LogP contribution in [0.1, 0.15) is 71.0 Å². The Hall–Kier alpha value is -3.19. The van der Waals surface area contributed by atoms with Crippen LogP contribution in [0.5, 0.6) is 5.75 Å². The maximum Gasteiger partial charge on any atom is 0.273 e. The molecule has 1 aliphatic rings. The zero-order chi connectivity index (χ0) is 25.1. The number of benzene rings is 2. The Kier molecular flexibility index (Phi) is 7.55. The van der Waals surface area contributed by atoms with E-state index >= 15 is 0 Å². The summed E-state index contributed by atoms with van der Waals surface area (Å²) in [4.78, 5) is 33.5. The lowest BCUT2D eigenvalue weighted by Crippen LogP contribution is -2.40. The maximum atomic E-state index is 12.8. The van der Waals surface area contributed by atoms with E-state index in [0.717, 1.165) is 28.3 Å². The summed E-state index contributed by atoms with van der Waals surface area (Å²) in [5.41, 5.74) is 5.09. The summed E-state index contributed by atoms with van der Waals surface area (Å²) < 4.78 is 6.10. The smallest absolute Gasteiger partial charge is 0.273 e. The quantitative estimate of drug-likeness (QED) is 0.444. The molecule has 1 unspecified atom stereocenters. The molecule has 0 fully saturated rings. The summed E-state index contributed by atoms with van der Waals surface area (Å²) >= 11 is 1.42. The average Bonchev–Trinajstić information content (AvgIpc) is 3.35. The summed E-state index contributed by atoms with van der Waals surface area (Å²) in [6.45, 7) is 8.93. The van der Waals surface area contributed by atoms with Gasteiger partial charge in [-0.2, -0.15) is 0 Å². The molecule has 0 N–H and O–H groups in total. The lowest BCUT2D eigenvalue weighted by molar-refractivity contribution is -0.132. The normalized spacial score (nSPS) is 15.1. The van der Waals surface area contributed by atoms with E-state index in [2.05, 4.69) is 48.3 Å². The number of ether oxygens (including phenoxy) is 1. The molecular weight excluding hydrogens is 458 g/mol. The molecule has 0 radical (unpaired) electrons. The maximum absolute atomic E-state index is 12.8. The van der Waals surface area contributed by atoms with Crippen molar-refractivity contribution in [3.05, 3.63) is 80.8 Å². The monoisotopic (exact) mass is 491 g/mol. The van der Waals surface area contributed by atoms with Crippen LogP contribution in [0.4, 0.5) is 0 Å². The summed E-state index contributed by atoms with van der Waals surface area (Å²) in [6, 6.07) is 14.5. The van der Waals surface area contributed by atoms with Crippen molar-refractivity contribution >= 4 is 23.2 Å². The van der Waals surface area contributed by atoms with Crippen LogP contribution in [0.2, 0.25) is 0 Å². The number of rotatable bonds is 7. The topological polar surface area (TPSA) is 62.7 Å². The van der Waals surface area contributed by atoms with Gasteiger partial charge < -0.3 is 14.5 Å². The minimum Gasteiger partial charge on any atom is -0.486 e. The zero-order valence-electron chi connectivity index (χ0n) is 21.1. The molecule has 4 rings (SSSR count). The third kappa shape index (κ3) is 5.40. The first-order chi connectivity index (χ1) is 16.8. The number of hydrogen-bond acceptors (Lipinski definition) is 5. The first-order valence-corrected chi connectivity index (χ1v) is 13.0. The van der Waals surface area contributed by atoms with Crippen molar-refractivity contribution in [3.8, 4) is 5.75 Å². The summed E-state index contributed by atoms with van der Waals surface area (Å²) in [7, 11) is 1.78. The van der Waals surface area contributed by atoms with E-state index in [-0.39, 0.29) is 30.5 Å². The molecule has 0 aliphatic carbocycles. The molecule has 1 aromatic heterocycles. The number of nitrogens with zero attached hydrogens (tertiary/aromatic N) is 3. The first-order valence-electron chi connectivity index (χ1n) is 12.1. The Bertz CT molecular complexity index is 1200. The van der Waals surface area contributed by atoms with E-state index in [1.807, 2.05) is 31.7 Å². The molecule has 2 heterocycles. The van der Waals surface area contributed by atoms with Crippen LogP contribution in [0.3, 0.4) is 0 Å². The minimum absolute atomic E-state index is 0.0853. The van der Waals surface area contributed by atoms with Crippen molar-refractivity contribution in [2.45, 2.75) is 59.2 Å². The zero-order valence-corrected chi connectivity index (χ0v) is 21.9. The molecule has 184 valence electrons. The highest BCUT2D eigenvalue weighted by Gasteiger charge is 2.31. The lowest BCUT2D eigenvalue weighted by atomic mass is 9.87.